The lowest BCUT2D eigenvalue weighted by atomic mass is 9.94. The number of hydrogen-bond donors (Lipinski definition) is 0. The molecule has 0 N–H and O–H groups in total. The normalized spacial score (nSPS) is 14.1. The highest BCUT2D eigenvalue weighted by molar-refractivity contribution is 6.32. The van der Waals surface area contributed by atoms with E-state index >= 15 is 0 Å². The zero-order valence-electron chi connectivity index (χ0n) is 19.8. The largest absolute Gasteiger partial charge is 0.493 e. The molecule has 176 valence electrons. The van der Waals surface area contributed by atoms with Gasteiger partial charge in [0.15, 0.2) is 17.3 Å². The molecule has 0 unspecified atom stereocenters. The summed E-state index contributed by atoms with van der Waals surface area (Å²) in [5.74, 6) is 1.99. The summed E-state index contributed by atoms with van der Waals surface area (Å²) < 4.78 is 16.7. The number of Topliss-reactive ketones (excluding diaryl/α,β-unsaturated/α-hetero) is 1. The average molecular weight is 458 g/mol. The van der Waals surface area contributed by atoms with Crippen LogP contribution in [0.2, 0.25) is 0 Å². The van der Waals surface area contributed by atoms with Crippen LogP contribution in [0.4, 0.5) is 0 Å². The molecule has 1 heterocycles. The maximum atomic E-state index is 13.6. The Kier molecular flexibility index (Phi) is 7.99. The first-order chi connectivity index (χ1) is 16.7. The van der Waals surface area contributed by atoms with Crippen LogP contribution in [0.5, 0.6) is 17.2 Å². The molecule has 0 spiro atoms. The molecule has 1 aliphatic rings. The second-order valence-corrected chi connectivity index (χ2v) is 8.29. The highest BCUT2D eigenvalue weighted by Crippen LogP contribution is 2.30. The summed E-state index contributed by atoms with van der Waals surface area (Å²) in [5.41, 5.74) is 2.93. The van der Waals surface area contributed by atoms with Crippen LogP contribution in [0.3, 0.4) is 0 Å². The van der Waals surface area contributed by atoms with Gasteiger partial charge in [-0.1, -0.05) is 36.4 Å². The van der Waals surface area contributed by atoms with E-state index in [0.29, 0.717) is 29.2 Å². The molecule has 0 saturated carbocycles. The van der Waals surface area contributed by atoms with Crippen LogP contribution < -0.4 is 14.2 Å². The molecule has 0 aromatic heterocycles. The van der Waals surface area contributed by atoms with Crippen molar-refractivity contribution >= 4 is 17.4 Å². The van der Waals surface area contributed by atoms with Crippen LogP contribution in [-0.4, -0.2) is 51.1 Å². The summed E-state index contributed by atoms with van der Waals surface area (Å²) in [6.45, 7) is 3.91. The predicted octanol–water partition coefficient (Wildman–Crippen LogP) is 5.60. The number of benzene rings is 3. The molecule has 1 saturated heterocycles. The Balaban J connectivity index is 1.54. The van der Waals surface area contributed by atoms with Gasteiger partial charge in [-0.3, -0.25) is 9.69 Å². The van der Waals surface area contributed by atoms with Crippen molar-refractivity contribution in [1.29, 1.82) is 0 Å². The second kappa shape index (κ2) is 11.5. The van der Waals surface area contributed by atoms with E-state index < -0.39 is 0 Å². The fourth-order valence-electron chi connectivity index (χ4n) is 4.16. The summed E-state index contributed by atoms with van der Waals surface area (Å²) in [6.07, 6.45) is 4.44. The van der Waals surface area contributed by atoms with E-state index in [2.05, 4.69) is 4.90 Å². The van der Waals surface area contributed by atoms with Crippen LogP contribution in [-0.2, 0) is 0 Å². The Morgan fingerprint density at radius 2 is 1.56 bits per heavy atom. The third-order valence-electron chi connectivity index (χ3n) is 6.04. The fourth-order valence-corrected chi connectivity index (χ4v) is 4.16. The second-order valence-electron chi connectivity index (χ2n) is 8.29. The van der Waals surface area contributed by atoms with Crippen molar-refractivity contribution in [3.63, 3.8) is 0 Å². The lowest BCUT2D eigenvalue weighted by molar-refractivity contribution is 0.105. The minimum absolute atomic E-state index is 0.0513. The number of carbonyl (C=O) groups excluding carboxylic acids is 1. The number of ether oxygens (including phenoxy) is 3. The van der Waals surface area contributed by atoms with Crippen LogP contribution in [0.1, 0.15) is 34.3 Å². The van der Waals surface area contributed by atoms with Gasteiger partial charge in [-0.05, 0) is 79.5 Å². The Morgan fingerprint density at radius 3 is 2.24 bits per heavy atom. The number of likely N-dealkylation sites (tertiary alicyclic amines) is 1. The van der Waals surface area contributed by atoms with E-state index in [4.69, 9.17) is 14.2 Å². The number of carbonyl (C=O) groups is 1. The van der Waals surface area contributed by atoms with Gasteiger partial charge in [0.2, 0.25) is 0 Å². The van der Waals surface area contributed by atoms with Gasteiger partial charge in [0.05, 0.1) is 14.2 Å². The molecule has 34 heavy (non-hydrogen) atoms. The number of methoxy groups -OCH3 is 2. The third-order valence-corrected chi connectivity index (χ3v) is 6.04. The molecule has 0 bridgehead atoms. The molecule has 0 amide bonds. The van der Waals surface area contributed by atoms with Crippen molar-refractivity contribution in [2.75, 3.05) is 40.5 Å². The standard InChI is InChI=1S/C29H31NO4/c1-32-27-15-10-22(21-28(27)33-2)20-26(23-8-4-3-5-9-23)29(31)24-11-13-25(14-12-24)34-19-18-30-16-6-7-17-30/h3-5,8-15,20-21H,6-7,16-19H2,1-2H3/b26-20+. The molecule has 0 radical (unpaired) electrons. The number of hydrogen-bond acceptors (Lipinski definition) is 5. The maximum Gasteiger partial charge on any atom is 0.193 e. The predicted molar refractivity (Wildman–Crippen MR) is 136 cm³/mol. The highest BCUT2D eigenvalue weighted by atomic mass is 16.5. The number of rotatable bonds is 10. The zero-order chi connectivity index (χ0) is 23.8. The van der Waals surface area contributed by atoms with Gasteiger partial charge in [-0.15, -0.1) is 0 Å². The Morgan fingerprint density at radius 1 is 0.853 bits per heavy atom. The first kappa shape index (κ1) is 23.6. The van der Waals surface area contributed by atoms with Crippen molar-refractivity contribution in [2.24, 2.45) is 0 Å². The van der Waals surface area contributed by atoms with Gasteiger partial charge in [0.1, 0.15) is 12.4 Å². The lowest BCUT2D eigenvalue weighted by Crippen LogP contribution is -2.25. The van der Waals surface area contributed by atoms with E-state index in [-0.39, 0.29) is 5.78 Å². The van der Waals surface area contributed by atoms with Gasteiger partial charge in [0, 0.05) is 17.7 Å². The van der Waals surface area contributed by atoms with Gasteiger partial charge < -0.3 is 14.2 Å². The Bertz CT molecular complexity index is 1120. The highest BCUT2D eigenvalue weighted by Gasteiger charge is 2.16. The molecule has 5 nitrogen and oxygen atoms in total. The molecular formula is C29H31NO4. The molecule has 3 aromatic rings. The van der Waals surface area contributed by atoms with E-state index in [0.717, 1.165) is 36.5 Å². The van der Waals surface area contributed by atoms with E-state index in [9.17, 15) is 4.79 Å². The summed E-state index contributed by atoms with van der Waals surface area (Å²) >= 11 is 0. The van der Waals surface area contributed by atoms with Gasteiger partial charge in [-0.25, -0.2) is 0 Å². The minimum atomic E-state index is -0.0513. The molecule has 0 aliphatic carbocycles. The first-order valence-electron chi connectivity index (χ1n) is 11.7. The van der Waals surface area contributed by atoms with Gasteiger partial charge >= 0.3 is 0 Å². The van der Waals surface area contributed by atoms with Crippen LogP contribution in [0.15, 0.2) is 72.8 Å². The third kappa shape index (κ3) is 5.86. The van der Waals surface area contributed by atoms with Crippen molar-refractivity contribution in [1.82, 2.24) is 4.90 Å². The van der Waals surface area contributed by atoms with E-state index in [1.807, 2.05) is 78.9 Å². The molecule has 5 heteroatoms. The Hall–Kier alpha value is -3.57. The average Bonchev–Trinajstić information content (AvgIpc) is 3.41. The topological polar surface area (TPSA) is 48.0 Å². The lowest BCUT2D eigenvalue weighted by Gasteiger charge is -2.15. The summed E-state index contributed by atoms with van der Waals surface area (Å²) in [6, 6.07) is 22.7. The summed E-state index contributed by atoms with van der Waals surface area (Å²) in [5, 5.41) is 0. The fraction of sp³-hybridized carbons (Fsp3) is 0.276. The van der Waals surface area contributed by atoms with Crippen molar-refractivity contribution in [2.45, 2.75) is 12.8 Å². The number of ketones is 1. The molecule has 4 rings (SSSR count). The molecular weight excluding hydrogens is 426 g/mol. The number of allylic oxidation sites excluding steroid dienone is 1. The van der Waals surface area contributed by atoms with E-state index in [1.165, 1.54) is 12.8 Å². The molecule has 0 atom stereocenters. The van der Waals surface area contributed by atoms with Crippen LogP contribution in [0, 0.1) is 0 Å². The molecule has 1 fully saturated rings. The van der Waals surface area contributed by atoms with Gasteiger partial charge in [-0.2, -0.15) is 0 Å². The molecule has 3 aromatic carbocycles. The van der Waals surface area contributed by atoms with Crippen molar-refractivity contribution < 1.29 is 19.0 Å². The van der Waals surface area contributed by atoms with Crippen molar-refractivity contribution in [3.8, 4) is 17.2 Å². The molecule has 1 aliphatic heterocycles. The Labute approximate surface area is 201 Å². The van der Waals surface area contributed by atoms with Crippen LogP contribution >= 0.6 is 0 Å². The zero-order valence-corrected chi connectivity index (χ0v) is 19.8. The summed E-state index contributed by atoms with van der Waals surface area (Å²) in [7, 11) is 3.20. The monoisotopic (exact) mass is 457 g/mol. The number of nitrogens with zero attached hydrogens (tertiary/aromatic N) is 1. The van der Waals surface area contributed by atoms with Crippen molar-refractivity contribution in [3.05, 3.63) is 89.5 Å². The SMILES string of the molecule is COc1ccc(/C=C(/C(=O)c2ccc(OCCN3CCCC3)cc2)c2ccccc2)cc1OC. The van der Waals surface area contributed by atoms with Gasteiger partial charge in [0.25, 0.3) is 0 Å². The smallest absolute Gasteiger partial charge is 0.193 e. The maximum absolute atomic E-state index is 13.6. The quantitative estimate of drug-likeness (QED) is 0.225. The minimum Gasteiger partial charge on any atom is -0.493 e. The summed E-state index contributed by atoms with van der Waals surface area (Å²) in [4.78, 5) is 16.0. The van der Waals surface area contributed by atoms with Crippen LogP contribution in [0.25, 0.3) is 11.6 Å². The van der Waals surface area contributed by atoms with E-state index in [1.54, 1.807) is 14.2 Å². The first-order valence-corrected chi connectivity index (χ1v) is 11.7.